The third-order valence-corrected chi connectivity index (χ3v) is 7.05. The SMILES string of the molecule is CCCOc1ccc(C(=O)c2ccccc2C(=O)OCc2nc3sc(C)c(C)c3c(=O)[nH]2)cc1OCCC. The van der Waals surface area contributed by atoms with Crippen molar-refractivity contribution in [3.8, 4) is 11.5 Å². The van der Waals surface area contributed by atoms with Gasteiger partial charge in [-0.1, -0.05) is 32.0 Å². The van der Waals surface area contributed by atoms with Crippen LogP contribution in [0, 0.1) is 13.8 Å². The highest BCUT2D eigenvalue weighted by Gasteiger charge is 2.21. The van der Waals surface area contributed by atoms with Crippen LogP contribution in [0.5, 0.6) is 11.5 Å². The summed E-state index contributed by atoms with van der Waals surface area (Å²) in [6.45, 7) is 8.59. The first kappa shape index (κ1) is 27.1. The molecule has 4 rings (SSSR count). The third-order valence-electron chi connectivity index (χ3n) is 5.95. The van der Waals surface area contributed by atoms with E-state index in [-0.39, 0.29) is 34.9 Å². The van der Waals surface area contributed by atoms with Crippen molar-refractivity contribution in [2.75, 3.05) is 13.2 Å². The summed E-state index contributed by atoms with van der Waals surface area (Å²) in [6.07, 6.45) is 1.64. The van der Waals surface area contributed by atoms with E-state index in [9.17, 15) is 14.4 Å². The van der Waals surface area contributed by atoms with Crippen LogP contribution in [0.4, 0.5) is 0 Å². The molecule has 0 unspecified atom stereocenters. The molecule has 1 N–H and O–H groups in total. The summed E-state index contributed by atoms with van der Waals surface area (Å²) in [6, 6.07) is 11.5. The Morgan fingerprint density at radius 3 is 2.34 bits per heavy atom. The van der Waals surface area contributed by atoms with Gasteiger partial charge in [0.2, 0.25) is 0 Å². The molecular formula is C29H30N2O6S. The van der Waals surface area contributed by atoms with Crippen molar-refractivity contribution in [3.63, 3.8) is 0 Å². The fourth-order valence-corrected chi connectivity index (χ4v) is 4.95. The molecule has 0 aliphatic carbocycles. The molecule has 0 atom stereocenters. The molecule has 2 heterocycles. The van der Waals surface area contributed by atoms with Crippen molar-refractivity contribution in [1.82, 2.24) is 9.97 Å². The van der Waals surface area contributed by atoms with Crippen molar-refractivity contribution in [3.05, 3.63) is 85.8 Å². The lowest BCUT2D eigenvalue weighted by molar-refractivity contribution is 0.0460. The smallest absolute Gasteiger partial charge is 0.339 e. The van der Waals surface area contributed by atoms with E-state index in [1.807, 2.05) is 27.7 Å². The molecule has 0 spiro atoms. The van der Waals surface area contributed by atoms with Crippen LogP contribution in [-0.2, 0) is 11.3 Å². The van der Waals surface area contributed by atoms with Crippen molar-refractivity contribution in [2.45, 2.75) is 47.1 Å². The van der Waals surface area contributed by atoms with Gasteiger partial charge in [0.15, 0.2) is 17.3 Å². The number of esters is 1. The third kappa shape index (κ3) is 5.78. The highest BCUT2D eigenvalue weighted by molar-refractivity contribution is 7.18. The molecule has 0 aliphatic heterocycles. The topological polar surface area (TPSA) is 108 Å². The lowest BCUT2D eigenvalue weighted by Gasteiger charge is -2.14. The fourth-order valence-electron chi connectivity index (χ4n) is 3.90. The molecule has 198 valence electrons. The number of rotatable bonds is 11. The summed E-state index contributed by atoms with van der Waals surface area (Å²) in [5.41, 5.74) is 1.29. The van der Waals surface area contributed by atoms with Crippen LogP contribution in [0.1, 0.15) is 69.2 Å². The van der Waals surface area contributed by atoms with E-state index in [2.05, 4.69) is 9.97 Å². The summed E-state index contributed by atoms with van der Waals surface area (Å²) in [7, 11) is 0. The van der Waals surface area contributed by atoms with Gasteiger partial charge in [-0.05, 0) is 56.5 Å². The maximum Gasteiger partial charge on any atom is 0.339 e. The predicted octanol–water partition coefficient (Wildman–Crippen LogP) is 5.77. The molecule has 2 aromatic heterocycles. The lowest BCUT2D eigenvalue weighted by atomic mass is 9.98. The monoisotopic (exact) mass is 534 g/mol. The Kier molecular flexibility index (Phi) is 8.58. The minimum Gasteiger partial charge on any atom is -0.490 e. The fraction of sp³-hybridized carbons (Fsp3) is 0.310. The number of hydrogen-bond acceptors (Lipinski definition) is 8. The Labute approximate surface area is 224 Å². The molecule has 4 aromatic rings. The van der Waals surface area contributed by atoms with Crippen LogP contribution in [0.2, 0.25) is 0 Å². The number of hydrogen-bond donors (Lipinski definition) is 1. The van der Waals surface area contributed by atoms with E-state index in [1.54, 1.807) is 36.4 Å². The van der Waals surface area contributed by atoms with Crippen LogP contribution in [0.15, 0.2) is 47.3 Å². The van der Waals surface area contributed by atoms with Gasteiger partial charge < -0.3 is 19.2 Å². The Hall–Kier alpha value is -3.98. The number of aromatic nitrogens is 2. The van der Waals surface area contributed by atoms with Crippen LogP contribution in [0.3, 0.4) is 0 Å². The van der Waals surface area contributed by atoms with Crippen molar-refractivity contribution in [2.24, 2.45) is 0 Å². The molecular weight excluding hydrogens is 504 g/mol. The first-order valence-corrected chi connectivity index (χ1v) is 13.3. The van der Waals surface area contributed by atoms with Gasteiger partial charge in [-0.15, -0.1) is 11.3 Å². The molecule has 2 aromatic carbocycles. The molecule has 9 heteroatoms. The van der Waals surface area contributed by atoms with E-state index in [4.69, 9.17) is 14.2 Å². The van der Waals surface area contributed by atoms with Crippen molar-refractivity contribution in [1.29, 1.82) is 0 Å². The zero-order chi connectivity index (χ0) is 27.2. The van der Waals surface area contributed by atoms with Crippen LogP contribution >= 0.6 is 11.3 Å². The molecule has 0 saturated heterocycles. The second-order valence-electron chi connectivity index (χ2n) is 8.79. The predicted molar refractivity (Wildman–Crippen MR) is 147 cm³/mol. The number of H-pyrrole nitrogens is 1. The van der Waals surface area contributed by atoms with Gasteiger partial charge in [0.25, 0.3) is 5.56 Å². The second-order valence-corrected chi connectivity index (χ2v) is 9.99. The molecule has 0 fully saturated rings. The number of aryl methyl sites for hydroxylation is 2. The summed E-state index contributed by atoms with van der Waals surface area (Å²) >= 11 is 1.42. The van der Waals surface area contributed by atoms with Gasteiger partial charge in [0, 0.05) is 16.0 Å². The summed E-state index contributed by atoms with van der Waals surface area (Å²) in [4.78, 5) is 47.8. The molecule has 0 aliphatic rings. The molecule has 0 radical (unpaired) electrons. The normalized spacial score (nSPS) is 10.9. The molecule has 0 saturated carbocycles. The summed E-state index contributed by atoms with van der Waals surface area (Å²) < 4.78 is 17.0. The number of fused-ring (bicyclic) bond motifs is 1. The Balaban J connectivity index is 1.56. The minimum absolute atomic E-state index is 0.117. The van der Waals surface area contributed by atoms with E-state index in [0.717, 1.165) is 23.3 Å². The quantitative estimate of drug-likeness (QED) is 0.192. The zero-order valence-corrected chi connectivity index (χ0v) is 22.7. The number of aromatic amines is 1. The first-order chi connectivity index (χ1) is 18.3. The average Bonchev–Trinajstić information content (AvgIpc) is 3.22. The van der Waals surface area contributed by atoms with Gasteiger partial charge in [0.1, 0.15) is 17.3 Å². The van der Waals surface area contributed by atoms with Crippen molar-refractivity contribution >= 4 is 33.3 Å². The number of ketones is 1. The minimum atomic E-state index is -0.694. The average molecular weight is 535 g/mol. The molecule has 0 bridgehead atoms. The number of thiophene rings is 1. The highest BCUT2D eigenvalue weighted by Crippen LogP contribution is 2.30. The van der Waals surface area contributed by atoms with E-state index < -0.39 is 5.97 Å². The zero-order valence-electron chi connectivity index (χ0n) is 21.9. The Morgan fingerprint density at radius 2 is 1.63 bits per heavy atom. The van der Waals surface area contributed by atoms with E-state index in [1.165, 1.54) is 17.4 Å². The van der Waals surface area contributed by atoms with Crippen LogP contribution in [-0.4, -0.2) is 34.9 Å². The van der Waals surface area contributed by atoms with Crippen molar-refractivity contribution < 1.29 is 23.8 Å². The van der Waals surface area contributed by atoms with Crippen LogP contribution in [0.25, 0.3) is 10.2 Å². The second kappa shape index (κ2) is 12.0. The van der Waals surface area contributed by atoms with E-state index >= 15 is 0 Å². The van der Waals surface area contributed by atoms with Gasteiger partial charge >= 0.3 is 5.97 Å². The summed E-state index contributed by atoms with van der Waals surface area (Å²) in [5.74, 6) is 0.245. The largest absolute Gasteiger partial charge is 0.490 e. The number of nitrogens with one attached hydrogen (secondary N) is 1. The summed E-state index contributed by atoms with van der Waals surface area (Å²) in [5, 5.41) is 0.548. The standard InChI is InChI=1S/C29H30N2O6S/c1-5-13-35-22-12-11-19(15-23(22)36-14-6-2)26(32)20-9-7-8-10-21(20)29(34)37-16-24-30-27(33)25-17(3)18(4)38-28(25)31-24/h7-12,15H,5-6,13-14,16H2,1-4H3,(H,30,31,33). The van der Waals surface area contributed by atoms with Gasteiger partial charge in [0.05, 0.1) is 24.2 Å². The molecule has 8 nitrogen and oxygen atoms in total. The number of ether oxygens (including phenoxy) is 3. The number of benzene rings is 2. The lowest BCUT2D eigenvalue weighted by Crippen LogP contribution is -2.16. The maximum atomic E-state index is 13.5. The Morgan fingerprint density at radius 1 is 0.947 bits per heavy atom. The van der Waals surface area contributed by atoms with Gasteiger partial charge in [-0.25, -0.2) is 9.78 Å². The number of carbonyl (C=O) groups is 2. The number of nitrogens with zero attached hydrogens (tertiary/aromatic N) is 1. The van der Waals surface area contributed by atoms with E-state index in [0.29, 0.717) is 40.5 Å². The maximum absolute atomic E-state index is 13.5. The van der Waals surface area contributed by atoms with Crippen LogP contribution < -0.4 is 15.0 Å². The molecule has 0 amide bonds. The highest BCUT2D eigenvalue weighted by atomic mass is 32.1. The number of carbonyl (C=O) groups excluding carboxylic acids is 2. The van der Waals surface area contributed by atoms with Gasteiger partial charge in [-0.3, -0.25) is 9.59 Å². The van der Waals surface area contributed by atoms with Gasteiger partial charge in [-0.2, -0.15) is 0 Å². The Bertz CT molecular complexity index is 1540. The first-order valence-electron chi connectivity index (χ1n) is 12.5. The molecule has 38 heavy (non-hydrogen) atoms.